The van der Waals surface area contributed by atoms with E-state index in [9.17, 15) is 4.79 Å². The van der Waals surface area contributed by atoms with E-state index >= 15 is 0 Å². The maximum atomic E-state index is 9.60. The first-order chi connectivity index (χ1) is 4.06. The molecule has 0 saturated heterocycles. The van der Waals surface area contributed by atoms with Gasteiger partial charge < -0.3 is 4.74 Å². The SMILES string of the molecule is CC.CC(C)(C)OC=O. The van der Waals surface area contributed by atoms with Crippen LogP contribution in [0.5, 0.6) is 0 Å². The second kappa shape index (κ2) is 5.60. The van der Waals surface area contributed by atoms with Crippen LogP contribution in [0.15, 0.2) is 0 Å². The normalized spacial score (nSPS) is 9.00. The van der Waals surface area contributed by atoms with Gasteiger partial charge in [0.25, 0.3) is 6.47 Å². The van der Waals surface area contributed by atoms with Crippen LogP contribution >= 0.6 is 0 Å². The van der Waals surface area contributed by atoms with Crippen molar-refractivity contribution in [2.24, 2.45) is 0 Å². The van der Waals surface area contributed by atoms with Crippen LogP contribution in [0.25, 0.3) is 0 Å². The predicted molar refractivity (Wildman–Crippen MR) is 38.2 cm³/mol. The summed E-state index contributed by atoms with van der Waals surface area (Å²) in [5.41, 5.74) is -0.318. The smallest absolute Gasteiger partial charge is 0.293 e. The third kappa shape index (κ3) is 18.6. The molecule has 0 saturated carbocycles. The van der Waals surface area contributed by atoms with E-state index in [0.717, 1.165) is 0 Å². The highest BCUT2D eigenvalue weighted by Gasteiger charge is 2.07. The lowest BCUT2D eigenvalue weighted by atomic mass is 10.2. The van der Waals surface area contributed by atoms with Crippen LogP contribution in [-0.4, -0.2) is 12.1 Å². The van der Waals surface area contributed by atoms with Gasteiger partial charge in [-0.1, -0.05) is 13.8 Å². The summed E-state index contributed by atoms with van der Waals surface area (Å²) < 4.78 is 4.55. The molecule has 2 nitrogen and oxygen atoms in total. The molecule has 0 aromatic heterocycles. The summed E-state index contributed by atoms with van der Waals surface area (Å²) in [5, 5.41) is 0. The van der Waals surface area contributed by atoms with E-state index in [0.29, 0.717) is 6.47 Å². The average Bonchev–Trinajstić information content (AvgIpc) is 1.69. The van der Waals surface area contributed by atoms with Gasteiger partial charge in [-0.15, -0.1) is 0 Å². The van der Waals surface area contributed by atoms with Gasteiger partial charge in [0.1, 0.15) is 5.60 Å². The Hall–Kier alpha value is -0.530. The molecular formula is C7H16O2. The van der Waals surface area contributed by atoms with E-state index in [1.807, 2.05) is 34.6 Å². The van der Waals surface area contributed by atoms with E-state index in [4.69, 9.17) is 0 Å². The quantitative estimate of drug-likeness (QED) is 0.510. The molecule has 56 valence electrons. The first kappa shape index (κ1) is 11.3. The van der Waals surface area contributed by atoms with Gasteiger partial charge in [-0.3, -0.25) is 4.79 Å². The van der Waals surface area contributed by atoms with E-state index < -0.39 is 0 Å². The Morgan fingerprint density at radius 2 is 1.56 bits per heavy atom. The van der Waals surface area contributed by atoms with Crippen molar-refractivity contribution in [1.29, 1.82) is 0 Å². The molecule has 0 aromatic carbocycles. The van der Waals surface area contributed by atoms with Crippen LogP contribution in [-0.2, 0) is 9.53 Å². The molecular weight excluding hydrogens is 116 g/mol. The van der Waals surface area contributed by atoms with Gasteiger partial charge in [-0.25, -0.2) is 0 Å². The molecule has 0 radical (unpaired) electrons. The number of ether oxygens (including phenoxy) is 1. The van der Waals surface area contributed by atoms with E-state index in [-0.39, 0.29) is 5.60 Å². The second-order valence-electron chi connectivity index (χ2n) is 2.33. The second-order valence-corrected chi connectivity index (χ2v) is 2.33. The first-order valence-electron chi connectivity index (χ1n) is 3.18. The molecule has 0 aromatic rings. The fourth-order valence-corrected chi connectivity index (χ4v) is 0.144. The molecule has 0 rings (SSSR count). The highest BCUT2D eigenvalue weighted by Crippen LogP contribution is 2.02. The minimum absolute atomic E-state index is 0.318. The molecule has 0 spiro atoms. The van der Waals surface area contributed by atoms with E-state index in [1.165, 1.54) is 0 Å². The Morgan fingerprint density at radius 1 is 1.22 bits per heavy atom. The topological polar surface area (TPSA) is 26.3 Å². The van der Waals surface area contributed by atoms with Gasteiger partial charge in [0.05, 0.1) is 0 Å². The van der Waals surface area contributed by atoms with Gasteiger partial charge in [0.2, 0.25) is 0 Å². The van der Waals surface area contributed by atoms with E-state index in [1.54, 1.807) is 0 Å². The molecule has 0 N–H and O–H groups in total. The Kier molecular flexibility index (Phi) is 7.03. The molecule has 0 amide bonds. The molecule has 0 aliphatic carbocycles. The molecule has 0 atom stereocenters. The van der Waals surface area contributed by atoms with Gasteiger partial charge in [0.15, 0.2) is 0 Å². The van der Waals surface area contributed by atoms with Gasteiger partial charge in [-0.2, -0.15) is 0 Å². The summed E-state index contributed by atoms with van der Waals surface area (Å²) in [6.07, 6.45) is 0. The Labute approximate surface area is 57.2 Å². The van der Waals surface area contributed by atoms with Crippen molar-refractivity contribution in [3.05, 3.63) is 0 Å². The summed E-state index contributed by atoms with van der Waals surface area (Å²) in [7, 11) is 0. The lowest BCUT2D eigenvalue weighted by Crippen LogP contribution is -2.17. The van der Waals surface area contributed by atoms with Crippen LogP contribution in [0.4, 0.5) is 0 Å². The third-order valence-corrected chi connectivity index (χ3v) is 0.402. The van der Waals surface area contributed by atoms with Crippen molar-refractivity contribution >= 4 is 6.47 Å². The van der Waals surface area contributed by atoms with Crippen LogP contribution < -0.4 is 0 Å². The lowest BCUT2D eigenvalue weighted by molar-refractivity contribution is -0.138. The molecule has 2 heteroatoms. The lowest BCUT2D eigenvalue weighted by Gasteiger charge is -2.14. The van der Waals surface area contributed by atoms with Crippen molar-refractivity contribution in [2.75, 3.05) is 0 Å². The van der Waals surface area contributed by atoms with Crippen molar-refractivity contribution < 1.29 is 9.53 Å². The summed E-state index contributed by atoms with van der Waals surface area (Å²) in [4.78, 5) is 9.60. The molecule has 9 heavy (non-hydrogen) atoms. The minimum Gasteiger partial charge on any atom is -0.462 e. The molecule has 0 aliphatic heterocycles. The van der Waals surface area contributed by atoms with Crippen molar-refractivity contribution in [1.82, 2.24) is 0 Å². The Balaban J connectivity index is 0. The molecule has 0 bridgehead atoms. The Morgan fingerprint density at radius 3 is 1.56 bits per heavy atom. The van der Waals surface area contributed by atoms with Crippen LogP contribution in [0.2, 0.25) is 0 Å². The number of carbonyl (C=O) groups is 1. The average molecular weight is 132 g/mol. The zero-order valence-electron chi connectivity index (χ0n) is 6.89. The Bertz CT molecular complexity index is 61.8. The number of rotatable bonds is 1. The van der Waals surface area contributed by atoms with Crippen LogP contribution in [0.1, 0.15) is 34.6 Å². The molecule has 0 unspecified atom stereocenters. The summed E-state index contributed by atoms with van der Waals surface area (Å²) >= 11 is 0. The molecule has 0 fully saturated rings. The number of hydrogen-bond donors (Lipinski definition) is 0. The predicted octanol–water partition coefficient (Wildman–Crippen LogP) is 1.98. The highest BCUT2D eigenvalue weighted by molar-refractivity contribution is 5.37. The minimum atomic E-state index is -0.318. The zero-order valence-corrected chi connectivity index (χ0v) is 6.89. The fourth-order valence-electron chi connectivity index (χ4n) is 0.144. The maximum absolute atomic E-state index is 9.60. The summed E-state index contributed by atoms with van der Waals surface area (Å²) in [5.74, 6) is 0. The number of carbonyl (C=O) groups excluding carboxylic acids is 1. The van der Waals surface area contributed by atoms with Crippen molar-refractivity contribution in [3.8, 4) is 0 Å². The van der Waals surface area contributed by atoms with Crippen molar-refractivity contribution in [2.45, 2.75) is 40.2 Å². The van der Waals surface area contributed by atoms with Gasteiger partial charge in [0, 0.05) is 0 Å². The largest absolute Gasteiger partial charge is 0.462 e. The molecule has 0 aliphatic rings. The maximum Gasteiger partial charge on any atom is 0.293 e. The van der Waals surface area contributed by atoms with Crippen LogP contribution in [0.3, 0.4) is 0 Å². The van der Waals surface area contributed by atoms with E-state index in [2.05, 4.69) is 4.74 Å². The highest BCUT2D eigenvalue weighted by atomic mass is 16.5. The molecule has 0 heterocycles. The summed E-state index contributed by atoms with van der Waals surface area (Å²) in [6, 6.07) is 0. The van der Waals surface area contributed by atoms with Gasteiger partial charge >= 0.3 is 0 Å². The third-order valence-electron chi connectivity index (χ3n) is 0.402. The zero-order chi connectivity index (χ0) is 7.91. The standard InChI is InChI=1S/C5H10O2.C2H6/c1-5(2,3)7-4-6;1-2/h4H,1-3H3;1-2H3. The van der Waals surface area contributed by atoms with Gasteiger partial charge in [-0.05, 0) is 20.8 Å². The fraction of sp³-hybridized carbons (Fsp3) is 0.857. The van der Waals surface area contributed by atoms with Crippen molar-refractivity contribution in [3.63, 3.8) is 0 Å². The monoisotopic (exact) mass is 132 g/mol. The number of hydrogen-bond acceptors (Lipinski definition) is 2. The summed E-state index contributed by atoms with van der Waals surface area (Å²) in [6.45, 7) is 9.92. The first-order valence-corrected chi connectivity index (χ1v) is 3.18. The van der Waals surface area contributed by atoms with Crippen LogP contribution in [0, 0.1) is 0 Å².